The van der Waals surface area contributed by atoms with Gasteiger partial charge in [-0.3, -0.25) is 0 Å². The molecule has 1 unspecified atom stereocenters. The number of hydrogen-bond donors (Lipinski definition) is 1. The molecule has 1 aromatic rings. The van der Waals surface area contributed by atoms with Gasteiger partial charge in [0, 0.05) is 0 Å². The topological polar surface area (TPSA) is 29.5 Å². The van der Waals surface area contributed by atoms with Crippen LogP contribution in [0, 0.1) is 0 Å². The molecule has 0 aromatic heterocycles. The fourth-order valence-corrected chi connectivity index (χ4v) is 1.42. The summed E-state index contributed by atoms with van der Waals surface area (Å²) in [5.41, 5.74) is 1.17. The number of aryl methyl sites for hydroxylation is 1. The van der Waals surface area contributed by atoms with Gasteiger partial charge in [0.25, 0.3) is 0 Å². The van der Waals surface area contributed by atoms with Crippen LogP contribution in [0.4, 0.5) is 0 Å². The predicted molar refractivity (Wildman–Crippen MR) is 56.5 cm³/mol. The van der Waals surface area contributed by atoms with Crippen molar-refractivity contribution in [1.29, 1.82) is 0 Å². The Morgan fingerprint density at radius 1 is 1.27 bits per heavy atom. The summed E-state index contributed by atoms with van der Waals surface area (Å²) in [5.74, 6) is 0.881. The van der Waals surface area contributed by atoms with E-state index in [1.807, 2.05) is 38.1 Å². The zero-order valence-electron chi connectivity index (χ0n) is 9.04. The number of hydrogen-bond acceptors (Lipinski definition) is 2. The summed E-state index contributed by atoms with van der Waals surface area (Å²) < 4.78 is 5.52. The zero-order chi connectivity index (χ0) is 11.3. The normalized spacial score (nSPS) is 12.9. The van der Waals surface area contributed by atoms with E-state index in [4.69, 9.17) is 25.9 Å². The van der Waals surface area contributed by atoms with E-state index >= 15 is 0 Å². The van der Waals surface area contributed by atoms with Gasteiger partial charge < -0.3 is 0 Å². The van der Waals surface area contributed by atoms with E-state index in [2.05, 4.69) is 0 Å². The Labute approximate surface area is 99.5 Å². The molecule has 0 fully saturated rings. The molecule has 3 heteroatoms. The van der Waals surface area contributed by atoms with Crippen molar-refractivity contribution in [2.24, 2.45) is 0 Å². The Bertz CT molecular complexity index is 280. The first-order valence-electron chi connectivity index (χ1n) is 5.11. The van der Waals surface area contributed by atoms with Crippen molar-refractivity contribution >= 4 is 0 Å². The molecular weight excluding hydrogens is 240 g/mol. The van der Waals surface area contributed by atoms with Crippen LogP contribution in [-0.2, 0) is 22.4 Å². The van der Waals surface area contributed by atoms with E-state index in [1.165, 1.54) is 5.56 Å². The van der Waals surface area contributed by atoms with Crippen molar-refractivity contribution in [3.05, 3.63) is 29.8 Å². The van der Waals surface area contributed by atoms with Crippen molar-refractivity contribution < 1.29 is 25.9 Å². The summed E-state index contributed by atoms with van der Waals surface area (Å²) in [7, 11) is 0. The molecule has 0 saturated heterocycles. The molecule has 1 atom stereocenters. The van der Waals surface area contributed by atoms with Crippen LogP contribution >= 0.6 is 0 Å². The van der Waals surface area contributed by atoms with Crippen LogP contribution in [0.1, 0.15) is 25.8 Å². The summed E-state index contributed by atoms with van der Waals surface area (Å²) in [4.78, 5) is 0. The predicted octanol–water partition coefficient (Wildman–Crippen LogP) is 2.27. The standard InChI is InChI=1S/C12H17O2.Cu/c1-10(2)14-12-7-5-11(6-8-12)4-3-9-13;/h5-10,13H,3-4H2,1-2H3;. The Balaban J connectivity index is 2.49. The van der Waals surface area contributed by atoms with E-state index in [0.717, 1.165) is 12.2 Å². The Morgan fingerprint density at radius 2 is 1.87 bits per heavy atom. The van der Waals surface area contributed by atoms with Gasteiger partial charge in [0.2, 0.25) is 0 Å². The van der Waals surface area contributed by atoms with Crippen LogP contribution in [0.25, 0.3) is 0 Å². The molecule has 0 bridgehead atoms. The summed E-state index contributed by atoms with van der Waals surface area (Å²) in [6.45, 7) is 4.00. The van der Waals surface area contributed by atoms with Gasteiger partial charge >= 0.3 is 99.2 Å². The molecule has 15 heavy (non-hydrogen) atoms. The number of rotatable bonds is 5. The third-order valence-electron chi connectivity index (χ3n) is 1.94. The van der Waals surface area contributed by atoms with Crippen LogP contribution in [-0.4, -0.2) is 16.2 Å². The number of ether oxygens (including phenoxy) is 1. The third-order valence-corrected chi connectivity index (χ3v) is 2.22. The second-order valence-electron chi connectivity index (χ2n) is 3.73. The van der Waals surface area contributed by atoms with Crippen molar-refractivity contribution in [2.45, 2.75) is 37.8 Å². The fraction of sp³-hybridized carbons (Fsp3) is 0.500. The summed E-state index contributed by atoms with van der Waals surface area (Å²) in [6.07, 6.45) is 1.62. The SMILES string of the molecule is CC(C)Oc1ccc(CC[CH](O)[Cu])cc1. The first-order chi connectivity index (χ1) is 7.08. The minimum absolute atomic E-state index is 0.199. The van der Waals surface area contributed by atoms with Crippen LogP contribution in [0.2, 0.25) is 0 Å². The van der Waals surface area contributed by atoms with Crippen LogP contribution in [0.5, 0.6) is 5.75 Å². The van der Waals surface area contributed by atoms with Gasteiger partial charge in [-0.1, -0.05) is 0 Å². The van der Waals surface area contributed by atoms with Gasteiger partial charge in [-0.15, -0.1) is 0 Å². The quantitative estimate of drug-likeness (QED) is 0.819. The number of aliphatic hydroxyl groups is 1. The summed E-state index contributed by atoms with van der Waals surface area (Å²) >= 11 is 4.84. The third kappa shape index (κ3) is 5.22. The molecule has 2 nitrogen and oxygen atoms in total. The van der Waals surface area contributed by atoms with Crippen molar-refractivity contribution in [3.8, 4) is 5.75 Å². The second kappa shape index (κ2) is 6.16. The molecule has 1 aromatic carbocycles. The van der Waals surface area contributed by atoms with E-state index in [1.54, 1.807) is 0 Å². The maximum absolute atomic E-state index is 8.97. The molecule has 0 saturated carbocycles. The molecule has 0 amide bonds. The second-order valence-corrected chi connectivity index (χ2v) is 4.36. The zero-order valence-corrected chi connectivity index (χ0v) is 9.98. The Hall–Kier alpha value is -0.501. The summed E-state index contributed by atoms with van der Waals surface area (Å²) in [5, 5.41) is 8.31. The fourth-order valence-electron chi connectivity index (χ4n) is 1.28. The first-order valence-corrected chi connectivity index (χ1v) is 5.65. The minimum atomic E-state index is -0.663. The molecule has 0 aliphatic rings. The van der Waals surface area contributed by atoms with Crippen LogP contribution in [0.15, 0.2) is 24.3 Å². The average Bonchev–Trinajstić information content (AvgIpc) is 2.16. The van der Waals surface area contributed by atoms with E-state index in [9.17, 15) is 0 Å². The van der Waals surface area contributed by atoms with Gasteiger partial charge in [-0.05, 0) is 0 Å². The van der Waals surface area contributed by atoms with Gasteiger partial charge in [-0.25, -0.2) is 0 Å². The van der Waals surface area contributed by atoms with Gasteiger partial charge in [0.05, 0.1) is 0 Å². The molecular formula is C12H17CuO2. The van der Waals surface area contributed by atoms with Crippen LogP contribution in [0.3, 0.4) is 0 Å². The Morgan fingerprint density at radius 3 is 2.33 bits per heavy atom. The Kier molecular flexibility index (Phi) is 5.16. The van der Waals surface area contributed by atoms with Crippen molar-refractivity contribution in [2.75, 3.05) is 0 Å². The molecule has 1 rings (SSSR count). The number of aliphatic hydroxyl groups excluding tert-OH is 1. The molecule has 88 valence electrons. The van der Waals surface area contributed by atoms with Crippen LogP contribution < -0.4 is 4.74 Å². The molecule has 0 aliphatic carbocycles. The first kappa shape index (κ1) is 12.6. The van der Waals surface area contributed by atoms with Crippen molar-refractivity contribution in [3.63, 3.8) is 0 Å². The molecule has 0 radical (unpaired) electrons. The monoisotopic (exact) mass is 256 g/mol. The maximum atomic E-state index is 8.97. The van der Waals surface area contributed by atoms with Gasteiger partial charge in [0.1, 0.15) is 0 Å². The number of benzene rings is 1. The van der Waals surface area contributed by atoms with Crippen molar-refractivity contribution in [1.82, 2.24) is 0 Å². The van der Waals surface area contributed by atoms with E-state index < -0.39 is 5.00 Å². The molecule has 0 spiro atoms. The molecule has 0 heterocycles. The summed E-state index contributed by atoms with van der Waals surface area (Å²) in [6, 6.07) is 7.91. The van der Waals surface area contributed by atoms with Gasteiger partial charge in [0.15, 0.2) is 0 Å². The molecule has 0 aliphatic heterocycles. The van der Waals surface area contributed by atoms with Gasteiger partial charge in [-0.2, -0.15) is 0 Å². The van der Waals surface area contributed by atoms with E-state index in [0.29, 0.717) is 6.42 Å². The average molecular weight is 257 g/mol. The van der Waals surface area contributed by atoms with E-state index in [-0.39, 0.29) is 6.10 Å². The molecule has 1 N–H and O–H groups in total.